The van der Waals surface area contributed by atoms with Gasteiger partial charge in [-0.05, 0) is 36.8 Å². The Morgan fingerprint density at radius 3 is 3.09 bits per heavy atom. The van der Waals surface area contributed by atoms with Crippen molar-refractivity contribution in [3.8, 4) is 5.75 Å². The van der Waals surface area contributed by atoms with Crippen molar-refractivity contribution in [3.05, 3.63) is 53.9 Å². The smallest absolute Gasteiger partial charge is 0.179 e. The second-order valence-corrected chi connectivity index (χ2v) is 5.51. The molecule has 0 radical (unpaired) electrons. The Labute approximate surface area is 136 Å². The van der Waals surface area contributed by atoms with Gasteiger partial charge in [0.05, 0.1) is 17.4 Å². The molecule has 0 saturated carbocycles. The first-order chi connectivity index (χ1) is 11.3. The van der Waals surface area contributed by atoms with Crippen molar-refractivity contribution in [3.63, 3.8) is 0 Å². The Hall–Kier alpha value is -2.40. The highest BCUT2D eigenvalue weighted by Gasteiger charge is 2.20. The maximum Gasteiger partial charge on any atom is 0.179 e. The van der Waals surface area contributed by atoms with Crippen LogP contribution in [0.15, 0.2) is 42.6 Å². The molecule has 5 heteroatoms. The van der Waals surface area contributed by atoms with Gasteiger partial charge >= 0.3 is 0 Å². The van der Waals surface area contributed by atoms with Crippen LogP contribution in [0.25, 0.3) is 0 Å². The van der Waals surface area contributed by atoms with Crippen LogP contribution in [0.1, 0.15) is 29.4 Å². The number of hydrogen-bond donors (Lipinski definition) is 2. The first-order valence-electron chi connectivity index (χ1n) is 7.96. The quantitative estimate of drug-likeness (QED) is 0.803. The van der Waals surface area contributed by atoms with Crippen LogP contribution in [0.2, 0.25) is 0 Å². The SMILES string of the molecule is CCC(NCc1ccccn1)C(=O)c1ccc2c(c1)NCCO2. The topological polar surface area (TPSA) is 63.2 Å². The number of nitrogens with zero attached hydrogens (tertiary/aromatic N) is 1. The van der Waals surface area contributed by atoms with Crippen molar-refractivity contribution in [1.82, 2.24) is 10.3 Å². The van der Waals surface area contributed by atoms with Gasteiger partial charge in [-0.25, -0.2) is 0 Å². The highest BCUT2D eigenvalue weighted by molar-refractivity contribution is 6.01. The molecule has 0 fully saturated rings. The summed E-state index contributed by atoms with van der Waals surface area (Å²) in [5, 5.41) is 6.57. The summed E-state index contributed by atoms with van der Waals surface area (Å²) < 4.78 is 5.55. The molecule has 0 saturated heterocycles. The zero-order valence-corrected chi connectivity index (χ0v) is 13.2. The minimum Gasteiger partial charge on any atom is -0.490 e. The number of hydrogen-bond acceptors (Lipinski definition) is 5. The fourth-order valence-electron chi connectivity index (χ4n) is 2.65. The number of carbonyl (C=O) groups is 1. The van der Waals surface area contributed by atoms with Crippen molar-refractivity contribution in [2.45, 2.75) is 25.9 Å². The van der Waals surface area contributed by atoms with E-state index >= 15 is 0 Å². The fourth-order valence-corrected chi connectivity index (χ4v) is 2.65. The molecule has 3 rings (SSSR count). The predicted octanol–water partition coefficient (Wildman–Crippen LogP) is 2.64. The Balaban J connectivity index is 1.69. The molecule has 0 aliphatic carbocycles. The Kier molecular flexibility index (Phi) is 4.88. The Morgan fingerprint density at radius 2 is 2.30 bits per heavy atom. The summed E-state index contributed by atoms with van der Waals surface area (Å²) >= 11 is 0. The summed E-state index contributed by atoms with van der Waals surface area (Å²) in [7, 11) is 0. The number of fused-ring (bicyclic) bond motifs is 1. The second-order valence-electron chi connectivity index (χ2n) is 5.51. The van der Waals surface area contributed by atoms with Crippen LogP contribution in [0.4, 0.5) is 5.69 Å². The van der Waals surface area contributed by atoms with E-state index < -0.39 is 0 Å². The number of benzene rings is 1. The number of pyridine rings is 1. The zero-order valence-electron chi connectivity index (χ0n) is 13.2. The molecule has 0 amide bonds. The van der Waals surface area contributed by atoms with E-state index in [0.717, 1.165) is 30.1 Å². The largest absolute Gasteiger partial charge is 0.490 e. The first-order valence-corrected chi connectivity index (χ1v) is 7.96. The second kappa shape index (κ2) is 7.24. The van der Waals surface area contributed by atoms with Crippen LogP contribution in [-0.2, 0) is 6.54 Å². The average Bonchev–Trinajstić information content (AvgIpc) is 2.62. The normalized spacial score (nSPS) is 14.3. The van der Waals surface area contributed by atoms with Gasteiger partial charge < -0.3 is 15.4 Å². The first kappa shape index (κ1) is 15.5. The van der Waals surface area contributed by atoms with Crippen molar-refractivity contribution in [2.24, 2.45) is 0 Å². The molecule has 5 nitrogen and oxygen atoms in total. The molecule has 1 aromatic heterocycles. The zero-order chi connectivity index (χ0) is 16.1. The monoisotopic (exact) mass is 311 g/mol. The maximum absolute atomic E-state index is 12.7. The highest BCUT2D eigenvalue weighted by Crippen LogP contribution is 2.28. The van der Waals surface area contributed by atoms with Crippen LogP contribution in [0.5, 0.6) is 5.75 Å². The Bertz CT molecular complexity index is 673. The summed E-state index contributed by atoms with van der Waals surface area (Å²) in [6.07, 6.45) is 2.49. The molecule has 0 bridgehead atoms. The van der Waals surface area contributed by atoms with Crippen LogP contribution < -0.4 is 15.4 Å². The molecule has 2 N–H and O–H groups in total. The van der Waals surface area contributed by atoms with Gasteiger partial charge in [0.25, 0.3) is 0 Å². The molecule has 1 atom stereocenters. The van der Waals surface area contributed by atoms with E-state index in [9.17, 15) is 4.79 Å². The van der Waals surface area contributed by atoms with Crippen molar-refractivity contribution in [1.29, 1.82) is 0 Å². The standard InChI is InChI=1S/C18H21N3O2/c1-2-15(21-12-14-5-3-4-8-19-14)18(22)13-6-7-17-16(11-13)20-9-10-23-17/h3-8,11,15,20-21H,2,9-10,12H2,1H3. The molecule has 1 aliphatic heterocycles. The van der Waals surface area contributed by atoms with E-state index in [1.54, 1.807) is 6.20 Å². The maximum atomic E-state index is 12.7. The number of nitrogens with one attached hydrogen (secondary N) is 2. The van der Waals surface area contributed by atoms with E-state index in [1.165, 1.54) is 0 Å². The van der Waals surface area contributed by atoms with E-state index in [0.29, 0.717) is 18.7 Å². The lowest BCUT2D eigenvalue weighted by molar-refractivity contribution is 0.0939. The number of anilines is 1. The molecule has 120 valence electrons. The number of rotatable bonds is 6. The predicted molar refractivity (Wildman–Crippen MR) is 89.9 cm³/mol. The van der Waals surface area contributed by atoms with Crippen molar-refractivity contribution in [2.75, 3.05) is 18.5 Å². The minimum absolute atomic E-state index is 0.0959. The van der Waals surface area contributed by atoms with Gasteiger partial charge in [-0.1, -0.05) is 13.0 Å². The molecular formula is C18H21N3O2. The van der Waals surface area contributed by atoms with Crippen LogP contribution in [0.3, 0.4) is 0 Å². The Morgan fingerprint density at radius 1 is 1.39 bits per heavy atom. The fraction of sp³-hybridized carbons (Fsp3) is 0.333. The van der Waals surface area contributed by atoms with Crippen LogP contribution in [0, 0.1) is 0 Å². The number of carbonyl (C=O) groups excluding carboxylic acids is 1. The average molecular weight is 311 g/mol. The number of ether oxygens (including phenoxy) is 1. The van der Waals surface area contributed by atoms with Crippen molar-refractivity contribution >= 4 is 11.5 Å². The number of ketones is 1. The van der Waals surface area contributed by atoms with Gasteiger partial charge in [0.15, 0.2) is 5.78 Å². The molecule has 0 spiro atoms. The third-order valence-electron chi connectivity index (χ3n) is 3.92. The van der Waals surface area contributed by atoms with Gasteiger partial charge in [0.1, 0.15) is 12.4 Å². The summed E-state index contributed by atoms with van der Waals surface area (Å²) in [5.41, 5.74) is 2.52. The van der Waals surface area contributed by atoms with Gasteiger partial charge in [-0.2, -0.15) is 0 Å². The molecule has 2 heterocycles. The molecular weight excluding hydrogens is 290 g/mol. The summed E-state index contributed by atoms with van der Waals surface area (Å²) in [5.74, 6) is 0.904. The molecule has 23 heavy (non-hydrogen) atoms. The molecule has 1 unspecified atom stereocenters. The van der Waals surface area contributed by atoms with Gasteiger partial charge in [0, 0.05) is 24.8 Å². The minimum atomic E-state index is -0.223. The lowest BCUT2D eigenvalue weighted by Gasteiger charge is -2.21. The summed E-state index contributed by atoms with van der Waals surface area (Å²) in [6.45, 7) is 4.01. The van der Waals surface area contributed by atoms with E-state index in [4.69, 9.17) is 4.74 Å². The van der Waals surface area contributed by atoms with Gasteiger partial charge in [0.2, 0.25) is 0 Å². The lowest BCUT2D eigenvalue weighted by atomic mass is 10.0. The van der Waals surface area contributed by atoms with E-state index in [2.05, 4.69) is 15.6 Å². The molecule has 2 aromatic rings. The summed E-state index contributed by atoms with van der Waals surface area (Å²) in [6, 6.07) is 11.1. The van der Waals surface area contributed by atoms with Gasteiger partial charge in [-0.15, -0.1) is 0 Å². The molecule has 1 aromatic carbocycles. The number of aromatic nitrogens is 1. The third-order valence-corrected chi connectivity index (χ3v) is 3.92. The van der Waals surface area contributed by atoms with E-state index in [-0.39, 0.29) is 11.8 Å². The van der Waals surface area contributed by atoms with Crippen molar-refractivity contribution < 1.29 is 9.53 Å². The third kappa shape index (κ3) is 3.68. The molecule has 1 aliphatic rings. The number of Topliss-reactive ketones (excluding diaryl/α,β-unsaturated/α-hetero) is 1. The van der Waals surface area contributed by atoms with Crippen LogP contribution in [-0.4, -0.2) is 30.0 Å². The van der Waals surface area contributed by atoms with E-state index in [1.807, 2.05) is 43.3 Å². The summed E-state index contributed by atoms with van der Waals surface area (Å²) in [4.78, 5) is 17.0. The van der Waals surface area contributed by atoms with Crippen LogP contribution >= 0.6 is 0 Å². The van der Waals surface area contributed by atoms with Gasteiger partial charge in [-0.3, -0.25) is 9.78 Å². The highest BCUT2D eigenvalue weighted by atomic mass is 16.5. The lowest BCUT2D eigenvalue weighted by Crippen LogP contribution is -2.36.